The number of nitrogens with one attached hydrogen (secondary N) is 1. The maximum absolute atomic E-state index is 12.9. The van der Waals surface area contributed by atoms with E-state index in [2.05, 4.69) is 5.32 Å². The number of carbonyl (C=O) groups excluding carboxylic acids is 2. The van der Waals surface area contributed by atoms with Crippen LogP contribution in [0.2, 0.25) is 0 Å². The lowest BCUT2D eigenvalue weighted by molar-refractivity contribution is -0.107. The Bertz CT molecular complexity index is 660. The summed E-state index contributed by atoms with van der Waals surface area (Å²) in [4.78, 5) is 27.3. The fourth-order valence-corrected chi connectivity index (χ4v) is 2.85. The first-order chi connectivity index (χ1) is 11.3. The second kappa shape index (κ2) is 7.07. The molecule has 0 saturated carbocycles. The van der Waals surface area contributed by atoms with Gasteiger partial charge in [-0.3, -0.25) is 4.79 Å². The highest BCUT2D eigenvalue weighted by molar-refractivity contribution is 6.06. The Labute approximate surface area is 135 Å². The summed E-state index contributed by atoms with van der Waals surface area (Å²) in [6.07, 6.45) is 0.585. The molecule has 1 N–H and O–H groups in total. The summed E-state index contributed by atoms with van der Waals surface area (Å²) in [5.74, 6) is 0. The summed E-state index contributed by atoms with van der Waals surface area (Å²) in [5.41, 5.74) is 1.64. The number of para-hydroxylation sites is 1. The number of rotatable bonds is 3. The lowest BCUT2D eigenvalue weighted by atomic mass is 10.0. The molecule has 0 aromatic heterocycles. The molecule has 0 aliphatic carbocycles. The summed E-state index contributed by atoms with van der Waals surface area (Å²) in [6.45, 7) is 1.96. The Balaban J connectivity index is 1.88. The average Bonchev–Trinajstić information content (AvgIpc) is 2.64. The smallest absolute Gasteiger partial charge is 0.314 e. The van der Waals surface area contributed by atoms with Gasteiger partial charge in [0.15, 0.2) is 0 Å². The van der Waals surface area contributed by atoms with Crippen LogP contribution in [0.4, 0.5) is 10.5 Å². The van der Waals surface area contributed by atoms with Crippen molar-refractivity contribution in [3.05, 3.63) is 66.2 Å². The van der Waals surface area contributed by atoms with Crippen LogP contribution in [-0.2, 0) is 4.79 Å². The first-order valence-corrected chi connectivity index (χ1v) is 7.67. The Kier molecular flexibility index (Phi) is 4.68. The SMILES string of the molecule is O=CN(C(=O)N1CCNCC1c1ccccc1)c1ccccc1. The lowest BCUT2D eigenvalue weighted by Gasteiger charge is -2.38. The van der Waals surface area contributed by atoms with E-state index in [9.17, 15) is 9.59 Å². The molecule has 1 atom stereocenters. The molecular weight excluding hydrogens is 290 g/mol. The van der Waals surface area contributed by atoms with Crippen molar-refractivity contribution in [1.82, 2.24) is 10.2 Å². The van der Waals surface area contributed by atoms with Crippen molar-refractivity contribution in [1.29, 1.82) is 0 Å². The van der Waals surface area contributed by atoms with Crippen LogP contribution < -0.4 is 10.2 Å². The normalized spacial score (nSPS) is 17.6. The van der Waals surface area contributed by atoms with Gasteiger partial charge in [-0.05, 0) is 17.7 Å². The summed E-state index contributed by atoms with van der Waals surface area (Å²) < 4.78 is 0. The fraction of sp³-hybridized carbons (Fsp3) is 0.222. The van der Waals surface area contributed by atoms with Gasteiger partial charge in [-0.15, -0.1) is 0 Å². The van der Waals surface area contributed by atoms with Crippen molar-refractivity contribution in [3.63, 3.8) is 0 Å². The van der Waals surface area contributed by atoms with E-state index in [1.807, 2.05) is 48.5 Å². The molecular formula is C18H19N3O2. The van der Waals surface area contributed by atoms with Crippen molar-refractivity contribution >= 4 is 18.1 Å². The molecule has 1 saturated heterocycles. The van der Waals surface area contributed by atoms with Gasteiger partial charge in [-0.1, -0.05) is 48.5 Å². The molecule has 0 radical (unpaired) electrons. The molecule has 1 heterocycles. The molecule has 1 unspecified atom stereocenters. The molecule has 1 aliphatic rings. The van der Waals surface area contributed by atoms with Gasteiger partial charge < -0.3 is 10.2 Å². The van der Waals surface area contributed by atoms with Gasteiger partial charge in [-0.2, -0.15) is 0 Å². The van der Waals surface area contributed by atoms with E-state index in [1.165, 1.54) is 4.90 Å². The zero-order valence-electron chi connectivity index (χ0n) is 12.8. The van der Waals surface area contributed by atoms with Crippen LogP contribution in [0.15, 0.2) is 60.7 Å². The number of urea groups is 1. The number of benzene rings is 2. The van der Waals surface area contributed by atoms with Gasteiger partial charge >= 0.3 is 6.03 Å². The van der Waals surface area contributed by atoms with E-state index in [0.29, 0.717) is 25.2 Å². The van der Waals surface area contributed by atoms with E-state index in [4.69, 9.17) is 0 Å². The van der Waals surface area contributed by atoms with Gasteiger partial charge in [0.2, 0.25) is 6.41 Å². The monoisotopic (exact) mass is 309 g/mol. The molecule has 23 heavy (non-hydrogen) atoms. The third-order valence-corrected chi connectivity index (χ3v) is 4.02. The minimum Gasteiger partial charge on any atom is -0.314 e. The predicted molar refractivity (Wildman–Crippen MR) is 89.1 cm³/mol. The predicted octanol–water partition coefficient (Wildman–Crippen LogP) is 2.42. The average molecular weight is 309 g/mol. The minimum atomic E-state index is -0.290. The molecule has 0 bridgehead atoms. The highest BCUT2D eigenvalue weighted by atomic mass is 16.2. The molecule has 3 rings (SSSR count). The van der Waals surface area contributed by atoms with Crippen molar-refractivity contribution < 1.29 is 9.59 Å². The summed E-state index contributed by atoms with van der Waals surface area (Å²) in [7, 11) is 0. The molecule has 2 aromatic carbocycles. The van der Waals surface area contributed by atoms with Crippen LogP contribution >= 0.6 is 0 Å². The van der Waals surface area contributed by atoms with Gasteiger partial charge in [0, 0.05) is 19.6 Å². The zero-order chi connectivity index (χ0) is 16.1. The number of nitrogens with zero attached hydrogens (tertiary/aromatic N) is 2. The number of anilines is 1. The zero-order valence-corrected chi connectivity index (χ0v) is 12.8. The fourth-order valence-electron chi connectivity index (χ4n) is 2.85. The highest BCUT2D eigenvalue weighted by Crippen LogP contribution is 2.24. The summed E-state index contributed by atoms with van der Waals surface area (Å²) >= 11 is 0. The van der Waals surface area contributed by atoms with Crippen molar-refractivity contribution in [2.75, 3.05) is 24.5 Å². The molecule has 2 aromatic rings. The van der Waals surface area contributed by atoms with Crippen LogP contribution in [0.1, 0.15) is 11.6 Å². The molecule has 5 heteroatoms. The first-order valence-electron chi connectivity index (χ1n) is 7.67. The molecule has 118 valence electrons. The number of imide groups is 1. The third kappa shape index (κ3) is 3.24. The Morgan fingerprint density at radius 3 is 2.39 bits per heavy atom. The summed E-state index contributed by atoms with van der Waals surface area (Å²) in [5, 5.41) is 3.31. The maximum atomic E-state index is 12.9. The minimum absolute atomic E-state index is 0.0800. The van der Waals surface area contributed by atoms with Crippen molar-refractivity contribution in [2.24, 2.45) is 0 Å². The van der Waals surface area contributed by atoms with Crippen LogP contribution in [0.5, 0.6) is 0 Å². The second-order valence-corrected chi connectivity index (χ2v) is 5.42. The number of hydrogen-bond donors (Lipinski definition) is 1. The van der Waals surface area contributed by atoms with Crippen molar-refractivity contribution in [2.45, 2.75) is 6.04 Å². The van der Waals surface area contributed by atoms with Crippen molar-refractivity contribution in [3.8, 4) is 0 Å². The van der Waals surface area contributed by atoms with E-state index in [1.54, 1.807) is 17.0 Å². The molecule has 3 amide bonds. The standard InChI is InChI=1S/C18H19N3O2/c22-14-21(16-9-5-2-6-10-16)18(23)20-12-11-19-13-17(20)15-7-3-1-4-8-15/h1-10,14,17,19H,11-13H2. The van der Waals surface area contributed by atoms with Crippen LogP contribution in [0.25, 0.3) is 0 Å². The Morgan fingerprint density at radius 2 is 1.74 bits per heavy atom. The largest absolute Gasteiger partial charge is 0.331 e. The number of hydrogen-bond acceptors (Lipinski definition) is 3. The Hall–Kier alpha value is -2.66. The van der Waals surface area contributed by atoms with E-state index < -0.39 is 0 Å². The Morgan fingerprint density at radius 1 is 1.09 bits per heavy atom. The van der Waals surface area contributed by atoms with Gasteiger partial charge in [-0.25, -0.2) is 9.69 Å². The van der Waals surface area contributed by atoms with Crippen LogP contribution in [-0.4, -0.2) is 37.0 Å². The quantitative estimate of drug-likeness (QED) is 0.886. The van der Waals surface area contributed by atoms with E-state index in [0.717, 1.165) is 12.1 Å². The van der Waals surface area contributed by atoms with Gasteiger partial charge in [0.1, 0.15) is 0 Å². The molecule has 0 spiro atoms. The molecule has 1 fully saturated rings. The first kappa shape index (κ1) is 15.2. The topological polar surface area (TPSA) is 52.7 Å². The van der Waals surface area contributed by atoms with Crippen LogP contribution in [0.3, 0.4) is 0 Å². The number of piperazine rings is 1. The molecule has 5 nitrogen and oxygen atoms in total. The van der Waals surface area contributed by atoms with E-state index in [-0.39, 0.29) is 12.1 Å². The third-order valence-electron chi connectivity index (χ3n) is 4.02. The molecule has 1 aliphatic heterocycles. The second-order valence-electron chi connectivity index (χ2n) is 5.42. The maximum Gasteiger partial charge on any atom is 0.331 e. The van der Waals surface area contributed by atoms with Gasteiger partial charge in [0.25, 0.3) is 0 Å². The van der Waals surface area contributed by atoms with E-state index >= 15 is 0 Å². The van der Waals surface area contributed by atoms with Crippen LogP contribution in [0, 0.1) is 0 Å². The van der Waals surface area contributed by atoms with Gasteiger partial charge in [0.05, 0.1) is 11.7 Å². The number of amides is 3. The summed E-state index contributed by atoms with van der Waals surface area (Å²) in [6, 6.07) is 18.5. The lowest BCUT2D eigenvalue weighted by Crippen LogP contribution is -2.53. The number of carbonyl (C=O) groups is 2. The highest BCUT2D eigenvalue weighted by Gasteiger charge is 2.31.